The van der Waals surface area contributed by atoms with Crippen LogP contribution in [0.5, 0.6) is 0 Å². The molecule has 0 saturated carbocycles. The monoisotopic (exact) mass is 697 g/mol. The summed E-state index contributed by atoms with van der Waals surface area (Å²) in [7, 11) is 3.45. The summed E-state index contributed by atoms with van der Waals surface area (Å²) in [5.74, 6) is -1.30. The molecule has 49 heavy (non-hydrogen) atoms. The first-order chi connectivity index (χ1) is 22.8. The van der Waals surface area contributed by atoms with Gasteiger partial charge >= 0.3 is 24.4 Å². The first-order valence-electron chi connectivity index (χ1n) is 14.9. The van der Waals surface area contributed by atoms with E-state index in [1.54, 1.807) is 75.9 Å². The second kappa shape index (κ2) is 16.0. The number of rotatable bonds is 9. The van der Waals surface area contributed by atoms with Crippen molar-refractivity contribution in [2.45, 2.75) is 63.9 Å². The lowest BCUT2D eigenvalue weighted by atomic mass is 9.91. The predicted molar refractivity (Wildman–Crippen MR) is 164 cm³/mol. The molecule has 1 amide bonds. The molecule has 0 saturated heterocycles. The number of amides is 1. The average Bonchev–Trinajstić information content (AvgIpc) is 3.63. The number of hydrogen-bond acceptors (Lipinski definition) is 8. The second-order valence-corrected chi connectivity index (χ2v) is 11.8. The molecule has 0 aliphatic carbocycles. The van der Waals surface area contributed by atoms with Crippen molar-refractivity contribution < 1.29 is 45.4 Å². The maximum Gasteiger partial charge on any atom is 0.433 e. The van der Waals surface area contributed by atoms with Crippen LogP contribution in [0.3, 0.4) is 0 Å². The van der Waals surface area contributed by atoms with Crippen molar-refractivity contribution in [3.63, 3.8) is 0 Å². The van der Waals surface area contributed by atoms with E-state index in [1.165, 1.54) is 12.1 Å². The van der Waals surface area contributed by atoms with Gasteiger partial charge in [0.25, 0.3) is 0 Å². The fourth-order valence-electron chi connectivity index (χ4n) is 4.54. The zero-order valence-electron chi connectivity index (χ0n) is 27.6. The van der Waals surface area contributed by atoms with Crippen LogP contribution in [0.4, 0.5) is 31.1 Å². The van der Waals surface area contributed by atoms with Gasteiger partial charge in [-0.3, -0.25) is 24.1 Å². The van der Waals surface area contributed by atoms with Crippen molar-refractivity contribution in [3.05, 3.63) is 95.1 Å². The van der Waals surface area contributed by atoms with Gasteiger partial charge in [-0.2, -0.15) is 36.5 Å². The van der Waals surface area contributed by atoms with E-state index in [4.69, 9.17) is 9.47 Å². The number of aryl methyl sites for hydroxylation is 2. The summed E-state index contributed by atoms with van der Waals surface area (Å²) in [4.78, 5) is 30.6. The highest BCUT2D eigenvalue weighted by molar-refractivity contribution is 5.71. The molecule has 11 nitrogen and oxygen atoms in total. The number of aromatic nitrogens is 6. The number of ether oxygens (including phenoxy) is 2. The number of alkyl halides is 6. The molecule has 0 aromatic carbocycles. The van der Waals surface area contributed by atoms with Gasteiger partial charge in [0, 0.05) is 57.3 Å². The molecule has 2 unspecified atom stereocenters. The van der Waals surface area contributed by atoms with E-state index < -0.39 is 53.2 Å². The largest absolute Gasteiger partial charge is 0.466 e. The Morgan fingerprint density at radius 2 is 1.22 bits per heavy atom. The Bertz CT molecular complexity index is 1660. The quantitative estimate of drug-likeness (QED) is 0.157. The summed E-state index contributed by atoms with van der Waals surface area (Å²) in [6, 6.07) is 4.51. The number of hydrogen-bond donors (Lipinski definition) is 1. The van der Waals surface area contributed by atoms with Crippen LogP contribution in [0.25, 0.3) is 0 Å². The first kappa shape index (κ1) is 38.5. The van der Waals surface area contributed by atoms with Gasteiger partial charge in [-0.05, 0) is 62.1 Å². The zero-order chi connectivity index (χ0) is 36.6. The van der Waals surface area contributed by atoms with Crippen molar-refractivity contribution in [3.8, 4) is 0 Å². The van der Waals surface area contributed by atoms with Crippen LogP contribution < -0.4 is 5.32 Å². The third kappa shape index (κ3) is 11.9. The lowest BCUT2D eigenvalue weighted by molar-refractivity contribution is -0.143. The summed E-state index contributed by atoms with van der Waals surface area (Å²) >= 11 is 0. The first-order valence-corrected chi connectivity index (χ1v) is 14.9. The van der Waals surface area contributed by atoms with Crippen molar-refractivity contribution in [2.75, 3.05) is 13.2 Å². The molecule has 0 bridgehead atoms. The number of alkyl carbamates (subject to hydrolysis) is 1. The Hall–Kier alpha value is -4.96. The SMILES string of the molecule is CCOC(=O)CC(c1ccc(C(F)(F)F)nc1)c1cnn(C)c1.Cn1cc(C(CNC(=O)OC(C)(C)C)c2ccc(C(F)(F)F)nc2)cn1. The van der Waals surface area contributed by atoms with Gasteiger partial charge in [0.2, 0.25) is 0 Å². The van der Waals surface area contributed by atoms with Crippen molar-refractivity contribution >= 4 is 12.1 Å². The molecule has 1 N–H and O–H groups in total. The smallest absolute Gasteiger partial charge is 0.433 e. The Morgan fingerprint density at radius 3 is 1.59 bits per heavy atom. The molecule has 0 fully saturated rings. The average molecular weight is 698 g/mol. The second-order valence-electron chi connectivity index (χ2n) is 11.8. The highest BCUT2D eigenvalue weighted by Crippen LogP contribution is 2.32. The van der Waals surface area contributed by atoms with Crippen LogP contribution >= 0.6 is 0 Å². The topological polar surface area (TPSA) is 126 Å². The van der Waals surface area contributed by atoms with Gasteiger partial charge < -0.3 is 14.8 Å². The Labute approximate surface area is 278 Å². The number of nitrogens with one attached hydrogen (secondary N) is 1. The van der Waals surface area contributed by atoms with Gasteiger partial charge in [0.1, 0.15) is 17.0 Å². The van der Waals surface area contributed by atoms with Gasteiger partial charge in [-0.25, -0.2) is 4.79 Å². The maximum absolute atomic E-state index is 12.7. The van der Waals surface area contributed by atoms with Crippen LogP contribution in [-0.2, 0) is 40.7 Å². The van der Waals surface area contributed by atoms with Crippen LogP contribution in [0.2, 0.25) is 0 Å². The lowest BCUT2D eigenvalue weighted by Gasteiger charge is -2.22. The van der Waals surface area contributed by atoms with Gasteiger partial charge in [0.15, 0.2) is 0 Å². The number of esters is 1. The molecule has 0 aliphatic rings. The van der Waals surface area contributed by atoms with E-state index in [0.29, 0.717) is 16.7 Å². The van der Waals surface area contributed by atoms with Crippen LogP contribution in [-0.4, -0.2) is 60.3 Å². The minimum absolute atomic E-state index is 0.00653. The summed E-state index contributed by atoms with van der Waals surface area (Å²) in [5, 5.41) is 10.8. The third-order valence-corrected chi connectivity index (χ3v) is 6.74. The molecule has 4 aromatic rings. The minimum atomic E-state index is -4.50. The molecular weight excluding hydrogens is 660 g/mol. The molecule has 0 spiro atoms. The molecule has 17 heteroatoms. The number of carbonyl (C=O) groups excluding carboxylic acids is 2. The molecular formula is C32H37F6N7O4. The number of carbonyl (C=O) groups is 2. The predicted octanol–water partition coefficient (Wildman–Crippen LogP) is 6.41. The lowest BCUT2D eigenvalue weighted by Crippen LogP contribution is -2.35. The van der Waals surface area contributed by atoms with Crippen molar-refractivity contribution in [1.29, 1.82) is 0 Å². The summed E-state index contributed by atoms with van der Waals surface area (Å²) < 4.78 is 89.2. The maximum atomic E-state index is 12.7. The molecule has 2 atom stereocenters. The highest BCUT2D eigenvalue weighted by Gasteiger charge is 2.33. The molecule has 266 valence electrons. The van der Waals surface area contributed by atoms with E-state index in [1.807, 2.05) is 0 Å². The fraction of sp³-hybridized carbons (Fsp3) is 0.438. The molecule has 4 rings (SSSR count). The van der Waals surface area contributed by atoms with E-state index in [0.717, 1.165) is 30.1 Å². The van der Waals surface area contributed by atoms with Crippen molar-refractivity contribution in [2.24, 2.45) is 14.1 Å². The Morgan fingerprint density at radius 1 is 0.755 bits per heavy atom. The summed E-state index contributed by atoms with van der Waals surface area (Å²) in [6.45, 7) is 7.29. The summed E-state index contributed by atoms with van der Waals surface area (Å²) in [5.41, 5.74) is -0.106. The number of halogens is 6. The van der Waals surface area contributed by atoms with E-state index >= 15 is 0 Å². The fourth-order valence-corrected chi connectivity index (χ4v) is 4.54. The van der Waals surface area contributed by atoms with Gasteiger partial charge in [-0.15, -0.1) is 0 Å². The zero-order valence-corrected chi connectivity index (χ0v) is 27.6. The molecule has 4 heterocycles. The normalized spacial score (nSPS) is 13.1. The highest BCUT2D eigenvalue weighted by atomic mass is 19.4. The standard InChI is InChI=1S/C17H21F3N4O2.C15H16F3N3O2/c1-16(2,3)26-15(25)22-9-13(12-8-23-24(4)10-12)11-5-6-14(21-7-11)17(18,19)20;1-3-23-14(22)6-12(11-8-20-21(2)9-11)10-4-5-13(19-7-10)15(16,17)18/h5-8,10,13H,9H2,1-4H3,(H,22,25);4-5,7-9,12H,3,6H2,1-2H3. The minimum Gasteiger partial charge on any atom is -0.466 e. The molecule has 0 aliphatic heterocycles. The third-order valence-electron chi connectivity index (χ3n) is 6.74. The molecule has 0 radical (unpaired) electrons. The summed E-state index contributed by atoms with van der Waals surface area (Å²) in [6.07, 6.45) is -0.683. The van der Waals surface area contributed by atoms with E-state index in [-0.39, 0.29) is 19.6 Å². The van der Waals surface area contributed by atoms with Crippen molar-refractivity contribution in [1.82, 2.24) is 34.8 Å². The van der Waals surface area contributed by atoms with Gasteiger partial charge in [-0.1, -0.05) is 12.1 Å². The number of pyridine rings is 2. The Kier molecular flexibility index (Phi) is 12.5. The Balaban J connectivity index is 0.000000267. The van der Waals surface area contributed by atoms with E-state index in [9.17, 15) is 35.9 Å². The number of nitrogens with zero attached hydrogens (tertiary/aromatic N) is 6. The van der Waals surface area contributed by atoms with Crippen LogP contribution in [0, 0.1) is 0 Å². The van der Waals surface area contributed by atoms with Crippen LogP contribution in [0.15, 0.2) is 61.4 Å². The van der Waals surface area contributed by atoms with Crippen LogP contribution in [0.1, 0.15) is 79.6 Å². The molecule has 4 aromatic heterocycles. The van der Waals surface area contributed by atoms with Gasteiger partial charge in [0.05, 0.1) is 25.4 Å². The van der Waals surface area contributed by atoms with E-state index in [2.05, 4.69) is 25.5 Å².